The Labute approximate surface area is 182 Å². The van der Waals surface area contributed by atoms with E-state index in [2.05, 4.69) is 0 Å². The molecule has 0 bridgehead atoms. The number of hydrogen-bond acceptors (Lipinski definition) is 8. The molecule has 0 radical (unpaired) electrons. The molecule has 0 spiro atoms. The Balaban J connectivity index is 2.21. The van der Waals surface area contributed by atoms with E-state index in [1.807, 2.05) is 30.3 Å². The monoisotopic (exact) mass is 440 g/mol. The molecule has 1 aliphatic rings. The van der Waals surface area contributed by atoms with E-state index in [4.69, 9.17) is 14.2 Å². The number of ether oxygens (including phenoxy) is 3. The van der Waals surface area contributed by atoms with Crippen molar-refractivity contribution >= 4 is 23.7 Å². The number of aliphatic hydroxyl groups is 2. The summed E-state index contributed by atoms with van der Waals surface area (Å²) in [6.07, 6.45) is -4.80. The number of rotatable bonds is 5. The average Bonchev–Trinajstić information content (AvgIpc) is 2.65. The maximum absolute atomic E-state index is 12.4. The van der Waals surface area contributed by atoms with E-state index in [-0.39, 0.29) is 6.61 Å². The van der Waals surface area contributed by atoms with Crippen molar-refractivity contribution in [2.24, 2.45) is 10.8 Å². The first-order valence-electron chi connectivity index (χ1n) is 9.92. The van der Waals surface area contributed by atoms with Crippen molar-refractivity contribution in [3.05, 3.63) is 30.3 Å². The van der Waals surface area contributed by atoms with Crippen LogP contribution in [0.1, 0.15) is 41.5 Å². The average molecular weight is 441 g/mol. The van der Waals surface area contributed by atoms with Crippen molar-refractivity contribution in [2.45, 2.75) is 76.3 Å². The zero-order valence-corrected chi connectivity index (χ0v) is 19.1. The van der Waals surface area contributed by atoms with Crippen LogP contribution < -0.4 is 0 Å². The SMILES string of the molecule is CC(C)(C)C(=O)OCC1O[C@@H](Sc2ccccc2)C(O)C(OC(=O)C(C)(C)C)[C@H]1O. The highest BCUT2D eigenvalue weighted by atomic mass is 32.2. The van der Waals surface area contributed by atoms with Gasteiger partial charge < -0.3 is 24.4 Å². The van der Waals surface area contributed by atoms with Gasteiger partial charge in [0.2, 0.25) is 0 Å². The largest absolute Gasteiger partial charge is 0.462 e. The lowest BCUT2D eigenvalue weighted by atomic mass is 9.95. The molecule has 0 amide bonds. The Hall–Kier alpha value is -1.61. The zero-order chi connectivity index (χ0) is 22.7. The number of hydrogen-bond donors (Lipinski definition) is 2. The van der Waals surface area contributed by atoms with Gasteiger partial charge in [-0.2, -0.15) is 0 Å². The normalized spacial score (nSPS) is 27.4. The summed E-state index contributed by atoms with van der Waals surface area (Å²) in [4.78, 5) is 25.4. The van der Waals surface area contributed by atoms with Gasteiger partial charge in [-0.3, -0.25) is 9.59 Å². The topological polar surface area (TPSA) is 102 Å². The van der Waals surface area contributed by atoms with Crippen molar-refractivity contribution < 1.29 is 34.0 Å². The minimum absolute atomic E-state index is 0.223. The van der Waals surface area contributed by atoms with Gasteiger partial charge in [0, 0.05) is 4.90 Å². The predicted octanol–water partition coefficient (Wildman–Crippen LogP) is 2.77. The van der Waals surface area contributed by atoms with Crippen molar-refractivity contribution in [3.8, 4) is 0 Å². The van der Waals surface area contributed by atoms with Gasteiger partial charge in [0.15, 0.2) is 6.10 Å². The molecular formula is C22H32O7S. The molecular weight excluding hydrogens is 408 g/mol. The molecule has 1 aromatic carbocycles. The maximum Gasteiger partial charge on any atom is 0.311 e. The lowest BCUT2D eigenvalue weighted by Gasteiger charge is -2.42. The van der Waals surface area contributed by atoms with Gasteiger partial charge in [-0.25, -0.2) is 0 Å². The second kappa shape index (κ2) is 9.68. The van der Waals surface area contributed by atoms with E-state index < -0.39 is 52.6 Å². The van der Waals surface area contributed by atoms with Crippen LogP contribution in [0.4, 0.5) is 0 Å². The Morgan fingerprint density at radius 1 is 0.967 bits per heavy atom. The van der Waals surface area contributed by atoms with Gasteiger partial charge in [0.1, 0.15) is 30.4 Å². The smallest absolute Gasteiger partial charge is 0.311 e. The van der Waals surface area contributed by atoms with Gasteiger partial charge in [-0.05, 0) is 53.7 Å². The van der Waals surface area contributed by atoms with Crippen molar-refractivity contribution in [2.75, 3.05) is 6.61 Å². The van der Waals surface area contributed by atoms with Crippen LogP contribution in [-0.4, -0.2) is 58.6 Å². The molecule has 0 aliphatic carbocycles. The van der Waals surface area contributed by atoms with Crippen LogP contribution in [0.5, 0.6) is 0 Å². The molecule has 3 unspecified atom stereocenters. The molecule has 30 heavy (non-hydrogen) atoms. The lowest BCUT2D eigenvalue weighted by Crippen LogP contribution is -2.59. The summed E-state index contributed by atoms with van der Waals surface area (Å²) in [5, 5.41) is 21.6. The molecule has 1 fully saturated rings. The first-order valence-corrected chi connectivity index (χ1v) is 10.8. The van der Waals surface area contributed by atoms with E-state index in [0.29, 0.717) is 0 Å². The number of carbonyl (C=O) groups excluding carboxylic acids is 2. The van der Waals surface area contributed by atoms with Crippen LogP contribution in [0, 0.1) is 10.8 Å². The van der Waals surface area contributed by atoms with E-state index >= 15 is 0 Å². The molecule has 2 N–H and O–H groups in total. The standard InChI is InChI=1S/C22H32O7S/c1-21(2,3)19(25)27-12-14-15(23)17(29-20(26)22(4,5)6)16(24)18(28-14)30-13-10-8-7-9-11-13/h7-11,14-18,23-24H,12H2,1-6H3/t14?,15-,16?,17?,18-/m0/s1. The fourth-order valence-electron chi connectivity index (χ4n) is 2.58. The third kappa shape index (κ3) is 6.44. The van der Waals surface area contributed by atoms with Crippen LogP contribution >= 0.6 is 11.8 Å². The predicted molar refractivity (Wildman–Crippen MR) is 113 cm³/mol. The summed E-state index contributed by atoms with van der Waals surface area (Å²) in [5.41, 5.74) is -2.35. The van der Waals surface area contributed by atoms with Crippen molar-refractivity contribution in [3.63, 3.8) is 0 Å². The van der Waals surface area contributed by atoms with Crippen molar-refractivity contribution in [1.82, 2.24) is 0 Å². The fraction of sp³-hybridized carbons (Fsp3) is 0.636. The van der Waals surface area contributed by atoms with Crippen LogP contribution in [0.25, 0.3) is 0 Å². The van der Waals surface area contributed by atoms with Gasteiger partial charge >= 0.3 is 11.9 Å². The highest BCUT2D eigenvalue weighted by molar-refractivity contribution is 7.99. The Morgan fingerprint density at radius 3 is 2.07 bits per heavy atom. The van der Waals surface area contributed by atoms with E-state index in [1.54, 1.807) is 41.5 Å². The number of thioether (sulfide) groups is 1. The van der Waals surface area contributed by atoms with Crippen LogP contribution in [0.2, 0.25) is 0 Å². The third-order valence-electron chi connectivity index (χ3n) is 4.48. The Kier molecular flexibility index (Phi) is 7.96. The van der Waals surface area contributed by atoms with Crippen LogP contribution in [-0.2, 0) is 23.8 Å². The summed E-state index contributed by atoms with van der Waals surface area (Å²) in [5.74, 6) is -0.999. The molecule has 1 aliphatic heterocycles. The molecule has 1 saturated heterocycles. The highest BCUT2D eigenvalue weighted by Crippen LogP contribution is 2.35. The summed E-state index contributed by atoms with van der Waals surface area (Å²) in [6.45, 7) is 10.0. The zero-order valence-electron chi connectivity index (χ0n) is 18.3. The highest BCUT2D eigenvalue weighted by Gasteiger charge is 2.48. The molecule has 0 saturated carbocycles. The number of aliphatic hydroxyl groups excluding tert-OH is 2. The fourth-order valence-corrected chi connectivity index (χ4v) is 3.66. The molecule has 0 aromatic heterocycles. The Bertz CT molecular complexity index is 723. The maximum atomic E-state index is 12.4. The van der Waals surface area contributed by atoms with Crippen molar-refractivity contribution in [1.29, 1.82) is 0 Å². The van der Waals surface area contributed by atoms with Crippen LogP contribution in [0.15, 0.2) is 35.2 Å². The summed E-state index contributed by atoms with van der Waals surface area (Å²) in [6, 6.07) is 9.29. The summed E-state index contributed by atoms with van der Waals surface area (Å²) >= 11 is 1.24. The molecule has 7 nitrogen and oxygen atoms in total. The summed E-state index contributed by atoms with van der Waals surface area (Å²) in [7, 11) is 0. The second-order valence-electron chi connectivity index (χ2n) is 9.42. The van der Waals surface area contributed by atoms with E-state index in [9.17, 15) is 19.8 Å². The second-order valence-corrected chi connectivity index (χ2v) is 10.6. The molecule has 5 atom stereocenters. The molecule has 8 heteroatoms. The molecule has 1 aromatic rings. The molecule has 1 heterocycles. The first-order chi connectivity index (χ1) is 13.8. The quantitative estimate of drug-likeness (QED) is 0.674. The van der Waals surface area contributed by atoms with E-state index in [1.165, 1.54) is 11.8 Å². The Morgan fingerprint density at radius 2 is 1.53 bits per heavy atom. The third-order valence-corrected chi connectivity index (χ3v) is 5.65. The van der Waals surface area contributed by atoms with Gasteiger partial charge in [-0.15, -0.1) is 0 Å². The number of benzene rings is 1. The van der Waals surface area contributed by atoms with Crippen LogP contribution in [0.3, 0.4) is 0 Å². The first kappa shape index (κ1) is 24.7. The summed E-state index contributed by atoms with van der Waals surface area (Å²) < 4.78 is 16.7. The van der Waals surface area contributed by atoms with E-state index in [0.717, 1.165) is 4.90 Å². The van der Waals surface area contributed by atoms with Gasteiger partial charge in [0.05, 0.1) is 10.8 Å². The number of carbonyl (C=O) groups is 2. The minimum atomic E-state index is -1.35. The molecule has 168 valence electrons. The van der Waals surface area contributed by atoms with Gasteiger partial charge in [-0.1, -0.05) is 30.0 Å². The number of esters is 2. The van der Waals surface area contributed by atoms with Gasteiger partial charge in [0.25, 0.3) is 0 Å². The minimum Gasteiger partial charge on any atom is -0.462 e. The lowest BCUT2D eigenvalue weighted by molar-refractivity contribution is -0.227. The molecule has 2 rings (SSSR count).